The van der Waals surface area contributed by atoms with Crippen molar-refractivity contribution in [2.45, 2.75) is 430 Å². The molecule has 9 N–H and O–H groups in total. The Bertz CT molecular complexity index is 1100. The lowest BCUT2D eigenvalue weighted by Gasteiger charge is -2.24. The van der Waals surface area contributed by atoms with E-state index >= 15 is 0 Å². The van der Waals surface area contributed by atoms with Crippen molar-refractivity contribution >= 4 is 17.9 Å². The summed E-state index contributed by atoms with van der Waals surface area (Å²) >= 11 is 0. The van der Waals surface area contributed by atoms with E-state index in [1.165, 1.54) is 327 Å². The lowest BCUT2D eigenvalue weighted by molar-refractivity contribution is -0.138. The summed E-state index contributed by atoms with van der Waals surface area (Å²) in [5.74, 6) is -1.95. The van der Waals surface area contributed by atoms with E-state index in [4.69, 9.17) is 46.0 Å². The standard InChI is InChI=1S/3C22H44O2.C6H14O6/c3*1-2-3-4-5-6-7-8-9-10-11-12-13-14-15-16-17-18-19-20-21-22(23)24;7-1-3(9)5(11)6(12)4(10)2-8/h3*2-21H2,1H3,(H,23,24);3-12H,1-2H2/t;;;3-,4+,5-,6-/m...1/s1. The summed E-state index contributed by atoms with van der Waals surface area (Å²) in [5.41, 5.74) is 0. The third kappa shape index (κ3) is 84.4. The zero-order valence-electron chi connectivity index (χ0n) is 55.9. The Morgan fingerprint density at radius 1 is 0.214 bits per heavy atom. The van der Waals surface area contributed by atoms with Crippen LogP contribution in [0.4, 0.5) is 0 Å². The van der Waals surface area contributed by atoms with Crippen LogP contribution in [0.5, 0.6) is 0 Å². The van der Waals surface area contributed by atoms with Gasteiger partial charge in [-0.05, 0) is 19.3 Å². The first-order chi connectivity index (χ1) is 40.9. The molecule has 0 spiro atoms. The molecule has 0 bridgehead atoms. The zero-order chi connectivity index (χ0) is 62.9. The largest absolute Gasteiger partial charge is 0.481 e. The van der Waals surface area contributed by atoms with Gasteiger partial charge in [0.15, 0.2) is 0 Å². The minimum atomic E-state index is -1.67. The number of rotatable bonds is 65. The van der Waals surface area contributed by atoms with E-state index in [9.17, 15) is 14.4 Å². The monoisotopic (exact) mass is 1200 g/mol. The number of carboxylic acid groups (broad SMARTS) is 3. The van der Waals surface area contributed by atoms with Crippen molar-refractivity contribution in [2.75, 3.05) is 13.2 Å². The third-order valence-electron chi connectivity index (χ3n) is 16.5. The summed E-state index contributed by atoms with van der Waals surface area (Å²) in [7, 11) is 0. The molecule has 0 aromatic rings. The smallest absolute Gasteiger partial charge is 0.303 e. The molecule has 0 amide bonds. The summed E-state index contributed by atoms with van der Waals surface area (Å²) < 4.78 is 0. The molecule has 0 aromatic carbocycles. The summed E-state index contributed by atoms with van der Waals surface area (Å²) in [6.07, 6.45) is 71.9. The minimum absolute atomic E-state index is 0.346. The minimum Gasteiger partial charge on any atom is -0.481 e. The van der Waals surface area contributed by atoms with Gasteiger partial charge in [-0.1, -0.05) is 367 Å². The van der Waals surface area contributed by atoms with E-state index in [0.29, 0.717) is 19.3 Å². The van der Waals surface area contributed by atoms with Crippen LogP contribution in [-0.2, 0) is 14.4 Å². The SMILES string of the molecule is CCCCCCCCCCCCCCCCCCCCCC(=O)O.CCCCCCCCCCCCCCCCCCCCCC(=O)O.CCCCCCCCCCCCCCCCCCCCCC(=O)O.OC[C@@H](O)[C@@H](O)[C@H](O)[C@@H](O)CO. The van der Waals surface area contributed by atoms with Crippen LogP contribution in [-0.4, -0.2) is 101 Å². The molecule has 0 unspecified atom stereocenters. The molecule has 0 rings (SSSR count). The lowest BCUT2D eigenvalue weighted by Crippen LogP contribution is -2.46. The highest BCUT2D eigenvalue weighted by atomic mass is 16.4. The highest BCUT2D eigenvalue weighted by Crippen LogP contribution is 2.19. The fourth-order valence-corrected chi connectivity index (χ4v) is 10.7. The van der Waals surface area contributed by atoms with E-state index < -0.39 is 55.5 Å². The predicted octanol–water partition coefficient (Wildman–Crippen LogP) is 20.1. The van der Waals surface area contributed by atoms with Gasteiger partial charge in [-0.15, -0.1) is 0 Å². The van der Waals surface area contributed by atoms with E-state index in [2.05, 4.69) is 20.8 Å². The molecule has 4 atom stereocenters. The molecular formula is C72H146O12. The fraction of sp³-hybridized carbons (Fsp3) is 0.958. The molecule has 0 aliphatic heterocycles. The van der Waals surface area contributed by atoms with Gasteiger partial charge in [0.05, 0.1) is 13.2 Å². The van der Waals surface area contributed by atoms with Gasteiger partial charge in [0.1, 0.15) is 24.4 Å². The maximum Gasteiger partial charge on any atom is 0.303 e. The number of aliphatic carboxylic acids is 3. The molecule has 84 heavy (non-hydrogen) atoms. The number of aliphatic hydroxyl groups excluding tert-OH is 6. The van der Waals surface area contributed by atoms with Crippen molar-refractivity contribution in [3.05, 3.63) is 0 Å². The second kappa shape index (κ2) is 79.2. The van der Waals surface area contributed by atoms with Gasteiger partial charge < -0.3 is 46.0 Å². The first kappa shape index (κ1) is 88.6. The van der Waals surface area contributed by atoms with Crippen LogP contribution in [0.15, 0.2) is 0 Å². The molecule has 0 saturated heterocycles. The molecule has 0 saturated carbocycles. The first-order valence-electron chi connectivity index (χ1n) is 36.4. The number of aliphatic hydroxyl groups is 6. The van der Waals surface area contributed by atoms with Crippen molar-refractivity contribution in [2.24, 2.45) is 0 Å². The van der Waals surface area contributed by atoms with E-state index in [1.807, 2.05) is 0 Å². The Labute approximate surface area is 519 Å². The first-order valence-corrected chi connectivity index (χ1v) is 36.4. The average molecular weight is 1200 g/mol. The Kier molecular flexibility index (Phi) is 83.5. The van der Waals surface area contributed by atoms with Crippen molar-refractivity contribution in [3.63, 3.8) is 0 Å². The quantitative estimate of drug-likeness (QED) is 0.0259. The number of hydrogen-bond donors (Lipinski definition) is 9. The Balaban J connectivity index is -0.000000521. The zero-order valence-corrected chi connectivity index (χ0v) is 55.9. The second-order valence-electron chi connectivity index (χ2n) is 25.0. The summed E-state index contributed by atoms with van der Waals surface area (Å²) in [5, 5.41) is 77.8. The van der Waals surface area contributed by atoms with Crippen molar-refractivity contribution in [3.8, 4) is 0 Å². The molecule has 12 nitrogen and oxygen atoms in total. The summed E-state index contributed by atoms with van der Waals surface area (Å²) in [4.78, 5) is 31.1. The predicted molar refractivity (Wildman–Crippen MR) is 355 cm³/mol. The van der Waals surface area contributed by atoms with Crippen LogP contribution in [0.1, 0.15) is 406 Å². The molecule has 0 fully saturated rings. The molecule has 0 aromatic heterocycles. The number of carboxylic acids is 3. The highest BCUT2D eigenvalue weighted by Gasteiger charge is 2.29. The van der Waals surface area contributed by atoms with Gasteiger partial charge in [-0.2, -0.15) is 0 Å². The van der Waals surface area contributed by atoms with Gasteiger partial charge in [0.2, 0.25) is 0 Å². The maximum atomic E-state index is 10.4. The van der Waals surface area contributed by atoms with Gasteiger partial charge in [0, 0.05) is 19.3 Å². The molecule has 12 heteroatoms. The van der Waals surface area contributed by atoms with Crippen molar-refractivity contribution in [1.82, 2.24) is 0 Å². The topological polar surface area (TPSA) is 233 Å². The Morgan fingerprint density at radius 3 is 0.417 bits per heavy atom. The van der Waals surface area contributed by atoms with Crippen LogP contribution in [0.2, 0.25) is 0 Å². The van der Waals surface area contributed by atoms with Gasteiger partial charge in [-0.3, -0.25) is 14.4 Å². The van der Waals surface area contributed by atoms with Gasteiger partial charge in [0.25, 0.3) is 0 Å². The van der Waals surface area contributed by atoms with Crippen molar-refractivity contribution < 1.29 is 60.3 Å². The average Bonchev–Trinajstić information content (AvgIpc) is 3.58. The van der Waals surface area contributed by atoms with E-state index in [1.54, 1.807) is 0 Å². The van der Waals surface area contributed by atoms with Crippen LogP contribution >= 0.6 is 0 Å². The molecule has 0 aliphatic carbocycles. The van der Waals surface area contributed by atoms with Gasteiger partial charge >= 0.3 is 17.9 Å². The molecule has 506 valence electrons. The third-order valence-corrected chi connectivity index (χ3v) is 16.5. The molecule has 0 radical (unpaired) electrons. The summed E-state index contributed by atoms with van der Waals surface area (Å²) in [6.45, 7) is 5.40. The normalized spacial score (nSPS) is 12.5. The maximum absolute atomic E-state index is 10.4. The lowest BCUT2D eigenvalue weighted by atomic mass is 10.0. The van der Waals surface area contributed by atoms with Crippen LogP contribution in [0.25, 0.3) is 0 Å². The Morgan fingerprint density at radius 2 is 0.321 bits per heavy atom. The summed E-state index contributed by atoms with van der Waals surface area (Å²) in [6, 6.07) is 0. The number of hydrogen-bond acceptors (Lipinski definition) is 9. The molecular weight excluding hydrogens is 1060 g/mol. The molecule has 0 aliphatic rings. The number of unbranched alkanes of at least 4 members (excludes halogenated alkanes) is 54. The van der Waals surface area contributed by atoms with Crippen LogP contribution < -0.4 is 0 Å². The highest BCUT2D eigenvalue weighted by molar-refractivity contribution is 5.67. The Hall–Kier alpha value is -1.83. The number of carbonyl (C=O) groups is 3. The van der Waals surface area contributed by atoms with Crippen LogP contribution in [0.3, 0.4) is 0 Å². The van der Waals surface area contributed by atoms with Crippen LogP contribution in [0, 0.1) is 0 Å². The second-order valence-corrected chi connectivity index (χ2v) is 25.0. The van der Waals surface area contributed by atoms with E-state index in [0.717, 1.165) is 38.5 Å². The van der Waals surface area contributed by atoms with E-state index in [-0.39, 0.29) is 0 Å². The molecule has 0 heterocycles. The van der Waals surface area contributed by atoms with Crippen molar-refractivity contribution in [1.29, 1.82) is 0 Å². The van der Waals surface area contributed by atoms with Gasteiger partial charge in [-0.25, -0.2) is 0 Å². The fourth-order valence-electron chi connectivity index (χ4n) is 10.7.